The van der Waals surface area contributed by atoms with Crippen molar-refractivity contribution in [1.82, 2.24) is 20.0 Å². The summed E-state index contributed by atoms with van der Waals surface area (Å²) in [5.41, 5.74) is 1.42. The van der Waals surface area contributed by atoms with E-state index in [0.717, 1.165) is 10.9 Å². The smallest absolute Gasteiger partial charge is 0.275 e. The minimum Gasteiger partial charge on any atom is -0.351 e. The molecule has 6 heteroatoms. The number of amides is 2. The minimum atomic E-state index is -0.0727. The lowest BCUT2D eigenvalue weighted by molar-refractivity contribution is -0.119. The van der Waals surface area contributed by atoms with Crippen LogP contribution in [0.1, 0.15) is 24.3 Å². The summed E-state index contributed by atoms with van der Waals surface area (Å²) >= 11 is 0. The number of fused-ring (bicyclic) bond motifs is 1. The summed E-state index contributed by atoms with van der Waals surface area (Å²) in [7, 11) is 1.84. The maximum Gasteiger partial charge on any atom is 0.275 e. The Hall–Kier alpha value is -2.37. The van der Waals surface area contributed by atoms with Crippen LogP contribution in [0.15, 0.2) is 24.3 Å². The summed E-state index contributed by atoms with van der Waals surface area (Å²) in [5, 5.41) is 8.16. The molecule has 0 aliphatic carbocycles. The van der Waals surface area contributed by atoms with Gasteiger partial charge in [0.15, 0.2) is 5.69 Å². The normalized spacial score (nSPS) is 21.3. The summed E-state index contributed by atoms with van der Waals surface area (Å²) in [6.07, 6.45) is 0. The first-order chi connectivity index (χ1) is 10.5. The van der Waals surface area contributed by atoms with Gasteiger partial charge in [0.1, 0.15) is 0 Å². The Labute approximate surface area is 129 Å². The molecule has 116 valence electrons. The van der Waals surface area contributed by atoms with Crippen molar-refractivity contribution in [2.45, 2.75) is 19.9 Å². The van der Waals surface area contributed by atoms with Gasteiger partial charge in [-0.2, -0.15) is 5.10 Å². The number of rotatable bonds is 2. The monoisotopic (exact) mass is 300 g/mol. The van der Waals surface area contributed by atoms with Gasteiger partial charge in [-0.25, -0.2) is 0 Å². The molecule has 1 N–H and O–H groups in total. The van der Waals surface area contributed by atoms with Gasteiger partial charge < -0.3 is 10.2 Å². The lowest BCUT2D eigenvalue weighted by atomic mass is 10.1. The van der Waals surface area contributed by atoms with Crippen LogP contribution in [0, 0.1) is 5.92 Å². The average molecular weight is 300 g/mol. The van der Waals surface area contributed by atoms with Crippen LogP contribution in [0.5, 0.6) is 0 Å². The largest absolute Gasteiger partial charge is 0.351 e. The molecular formula is C16H20N4O2. The first-order valence-corrected chi connectivity index (χ1v) is 7.45. The van der Waals surface area contributed by atoms with Crippen LogP contribution in [0.2, 0.25) is 0 Å². The zero-order valence-electron chi connectivity index (χ0n) is 13.0. The van der Waals surface area contributed by atoms with E-state index in [1.165, 1.54) is 6.92 Å². The van der Waals surface area contributed by atoms with Crippen molar-refractivity contribution < 1.29 is 9.59 Å². The molecule has 0 bridgehead atoms. The summed E-state index contributed by atoms with van der Waals surface area (Å²) < 4.78 is 1.73. The molecule has 2 heterocycles. The highest BCUT2D eigenvalue weighted by Crippen LogP contribution is 2.23. The SMILES string of the molecule is CC(=O)N[C@H]1CN(C(=O)c2nn(C)c3ccccc23)C[C@H]1C. The number of carbonyl (C=O) groups is 2. The van der Waals surface area contributed by atoms with Crippen LogP contribution in [0.4, 0.5) is 0 Å². The van der Waals surface area contributed by atoms with Gasteiger partial charge in [-0.1, -0.05) is 25.1 Å². The lowest BCUT2D eigenvalue weighted by Crippen LogP contribution is -2.39. The number of hydrogen-bond acceptors (Lipinski definition) is 3. The Morgan fingerprint density at radius 1 is 1.27 bits per heavy atom. The number of nitrogens with one attached hydrogen (secondary N) is 1. The van der Waals surface area contributed by atoms with E-state index in [9.17, 15) is 9.59 Å². The van der Waals surface area contributed by atoms with Crippen LogP contribution in [-0.4, -0.2) is 45.6 Å². The molecule has 3 rings (SSSR count). The molecule has 1 aliphatic heterocycles. The Morgan fingerprint density at radius 2 is 2.00 bits per heavy atom. The fraction of sp³-hybridized carbons (Fsp3) is 0.438. The van der Waals surface area contributed by atoms with Crippen LogP contribution in [0.25, 0.3) is 10.9 Å². The number of aromatic nitrogens is 2. The quantitative estimate of drug-likeness (QED) is 0.905. The van der Waals surface area contributed by atoms with Crippen molar-refractivity contribution in [1.29, 1.82) is 0 Å². The molecule has 0 unspecified atom stereocenters. The van der Waals surface area contributed by atoms with Gasteiger partial charge in [0.2, 0.25) is 5.91 Å². The van der Waals surface area contributed by atoms with Gasteiger partial charge >= 0.3 is 0 Å². The molecular weight excluding hydrogens is 280 g/mol. The van der Waals surface area contributed by atoms with Gasteiger partial charge in [0, 0.05) is 32.4 Å². The molecule has 1 aromatic carbocycles. The number of hydrogen-bond donors (Lipinski definition) is 1. The maximum absolute atomic E-state index is 12.8. The van der Waals surface area contributed by atoms with Crippen LogP contribution >= 0.6 is 0 Å². The highest BCUT2D eigenvalue weighted by atomic mass is 16.2. The average Bonchev–Trinajstić information content (AvgIpc) is 3.00. The predicted octanol–water partition coefficient (Wildman–Crippen LogP) is 1.17. The molecule has 2 amide bonds. The highest BCUT2D eigenvalue weighted by molar-refractivity contribution is 6.05. The molecule has 2 atom stereocenters. The Bertz CT molecular complexity index is 737. The van der Waals surface area contributed by atoms with Crippen LogP contribution in [-0.2, 0) is 11.8 Å². The van der Waals surface area contributed by atoms with Crippen molar-refractivity contribution in [2.24, 2.45) is 13.0 Å². The van der Waals surface area contributed by atoms with E-state index in [2.05, 4.69) is 10.4 Å². The molecule has 0 spiro atoms. The topological polar surface area (TPSA) is 67.2 Å². The second kappa shape index (κ2) is 5.44. The number of aryl methyl sites for hydroxylation is 1. The molecule has 1 saturated heterocycles. The van der Waals surface area contributed by atoms with Crippen LogP contribution < -0.4 is 5.32 Å². The molecule has 22 heavy (non-hydrogen) atoms. The summed E-state index contributed by atoms with van der Waals surface area (Å²) in [5.74, 6) is 0.105. The van der Waals surface area contributed by atoms with E-state index in [1.807, 2.05) is 38.2 Å². The highest BCUT2D eigenvalue weighted by Gasteiger charge is 2.34. The number of carbonyl (C=O) groups excluding carboxylic acids is 2. The molecule has 2 aromatic rings. The third-order valence-electron chi connectivity index (χ3n) is 4.25. The molecule has 6 nitrogen and oxygen atoms in total. The second-order valence-corrected chi connectivity index (χ2v) is 5.98. The fourth-order valence-electron chi connectivity index (χ4n) is 3.10. The zero-order chi connectivity index (χ0) is 15.9. The number of likely N-dealkylation sites (tertiary alicyclic amines) is 1. The fourth-order valence-corrected chi connectivity index (χ4v) is 3.10. The molecule has 1 fully saturated rings. The van der Waals surface area contributed by atoms with E-state index in [1.54, 1.807) is 9.58 Å². The van der Waals surface area contributed by atoms with Crippen molar-refractivity contribution >= 4 is 22.7 Å². The van der Waals surface area contributed by atoms with E-state index < -0.39 is 0 Å². The Kier molecular flexibility index (Phi) is 3.60. The summed E-state index contributed by atoms with van der Waals surface area (Å²) in [4.78, 5) is 25.8. The number of nitrogens with zero attached hydrogens (tertiary/aromatic N) is 3. The van der Waals surface area contributed by atoms with E-state index in [0.29, 0.717) is 18.8 Å². The van der Waals surface area contributed by atoms with E-state index in [-0.39, 0.29) is 23.8 Å². The van der Waals surface area contributed by atoms with Gasteiger partial charge in [-0.05, 0) is 12.0 Å². The third-order valence-corrected chi connectivity index (χ3v) is 4.25. The molecule has 0 saturated carbocycles. The molecule has 1 aromatic heterocycles. The second-order valence-electron chi connectivity index (χ2n) is 5.98. The minimum absolute atomic E-state index is 0.0106. The van der Waals surface area contributed by atoms with Gasteiger partial charge in [0.05, 0.1) is 11.6 Å². The van der Waals surface area contributed by atoms with Crippen molar-refractivity contribution in [3.05, 3.63) is 30.0 Å². The molecule has 0 radical (unpaired) electrons. The van der Waals surface area contributed by atoms with Crippen molar-refractivity contribution in [3.8, 4) is 0 Å². The lowest BCUT2D eigenvalue weighted by Gasteiger charge is -2.15. The first-order valence-electron chi connectivity index (χ1n) is 7.45. The van der Waals surface area contributed by atoms with Crippen molar-refractivity contribution in [2.75, 3.05) is 13.1 Å². The standard InChI is InChI=1S/C16H20N4O2/c1-10-8-20(9-13(10)17-11(2)21)16(22)15-12-6-4-5-7-14(12)19(3)18-15/h4-7,10,13H,8-9H2,1-3H3,(H,17,21)/t10-,13+/m1/s1. The van der Waals surface area contributed by atoms with Gasteiger partial charge in [-0.3, -0.25) is 14.3 Å². The van der Waals surface area contributed by atoms with Gasteiger partial charge in [-0.15, -0.1) is 0 Å². The van der Waals surface area contributed by atoms with E-state index in [4.69, 9.17) is 0 Å². The number of benzene rings is 1. The third kappa shape index (κ3) is 2.45. The summed E-state index contributed by atoms with van der Waals surface area (Å²) in [6, 6.07) is 7.72. The van der Waals surface area contributed by atoms with Crippen molar-refractivity contribution in [3.63, 3.8) is 0 Å². The Morgan fingerprint density at radius 3 is 2.73 bits per heavy atom. The Balaban J connectivity index is 1.86. The van der Waals surface area contributed by atoms with E-state index >= 15 is 0 Å². The maximum atomic E-state index is 12.8. The predicted molar refractivity (Wildman–Crippen MR) is 83.4 cm³/mol. The van der Waals surface area contributed by atoms with Crippen LogP contribution in [0.3, 0.4) is 0 Å². The first kappa shape index (κ1) is 14.6. The van der Waals surface area contributed by atoms with Gasteiger partial charge in [0.25, 0.3) is 5.91 Å². The molecule has 1 aliphatic rings. The number of para-hydroxylation sites is 1. The zero-order valence-corrected chi connectivity index (χ0v) is 13.0. The summed E-state index contributed by atoms with van der Waals surface area (Å²) in [6.45, 7) is 4.72.